The van der Waals surface area contributed by atoms with E-state index in [1.54, 1.807) is 0 Å². The molecule has 15 heavy (non-hydrogen) atoms. The van der Waals surface area contributed by atoms with E-state index in [1.807, 2.05) is 6.07 Å². The average Bonchev–Trinajstić information content (AvgIpc) is 2.61. The van der Waals surface area contributed by atoms with Crippen LogP contribution in [0.25, 0.3) is 10.1 Å². The van der Waals surface area contributed by atoms with E-state index >= 15 is 0 Å². The van der Waals surface area contributed by atoms with Gasteiger partial charge >= 0.3 is 0 Å². The number of amides is 1. The molecule has 0 aliphatic carbocycles. The Labute approximate surface area is 100 Å². The smallest absolute Gasteiger partial charge is 0.258 e. The van der Waals surface area contributed by atoms with Gasteiger partial charge in [-0.15, -0.1) is 11.3 Å². The number of primary amides is 1. The normalized spacial score (nSPS) is 10.8. The molecule has 4 heteroatoms. The molecule has 2 N–H and O–H groups in total. The van der Waals surface area contributed by atoms with Gasteiger partial charge in [-0.2, -0.15) is 0 Å². The SMILES string of the molecule is CCc1cc(Br)c2sc(C(N)=O)cc2c1. The molecule has 0 saturated carbocycles. The maximum absolute atomic E-state index is 11.1. The minimum Gasteiger partial charge on any atom is -0.365 e. The van der Waals surface area contributed by atoms with Crippen LogP contribution in [0.4, 0.5) is 0 Å². The van der Waals surface area contributed by atoms with Crippen LogP contribution in [0.5, 0.6) is 0 Å². The van der Waals surface area contributed by atoms with Gasteiger partial charge in [-0.3, -0.25) is 4.79 Å². The number of hydrogen-bond donors (Lipinski definition) is 1. The van der Waals surface area contributed by atoms with E-state index in [0.29, 0.717) is 4.88 Å². The number of benzene rings is 1. The number of hydrogen-bond acceptors (Lipinski definition) is 2. The summed E-state index contributed by atoms with van der Waals surface area (Å²) in [5, 5.41) is 1.08. The number of thiophene rings is 1. The fourth-order valence-corrected chi connectivity index (χ4v) is 3.16. The molecule has 0 atom stereocenters. The quantitative estimate of drug-likeness (QED) is 0.903. The third-order valence-electron chi connectivity index (χ3n) is 2.28. The van der Waals surface area contributed by atoms with Crippen molar-refractivity contribution in [3.8, 4) is 0 Å². The van der Waals surface area contributed by atoms with E-state index in [9.17, 15) is 4.79 Å². The van der Waals surface area contributed by atoms with Gasteiger partial charge in [0.25, 0.3) is 5.91 Å². The van der Waals surface area contributed by atoms with Crippen LogP contribution in [0.2, 0.25) is 0 Å². The molecule has 1 heterocycles. The van der Waals surface area contributed by atoms with Crippen molar-refractivity contribution >= 4 is 43.3 Å². The summed E-state index contributed by atoms with van der Waals surface area (Å²) < 4.78 is 2.12. The lowest BCUT2D eigenvalue weighted by atomic mass is 10.1. The van der Waals surface area contributed by atoms with Crippen molar-refractivity contribution in [2.45, 2.75) is 13.3 Å². The minimum atomic E-state index is -0.360. The number of nitrogens with two attached hydrogens (primary N) is 1. The highest BCUT2D eigenvalue weighted by Crippen LogP contribution is 2.33. The third-order valence-corrected chi connectivity index (χ3v) is 4.37. The lowest BCUT2D eigenvalue weighted by Crippen LogP contribution is -2.07. The maximum Gasteiger partial charge on any atom is 0.258 e. The molecule has 0 spiro atoms. The van der Waals surface area contributed by atoms with Crippen LogP contribution in [0.15, 0.2) is 22.7 Å². The molecule has 1 amide bonds. The molecule has 0 saturated heterocycles. The molecular formula is C11H10BrNOS. The van der Waals surface area contributed by atoms with Gasteiger partial charge in [-0.05, 0) is 45.4 Å². The number of carbonyl (C=O) groups is 1. The van der Waals surface area contributed by atoms with Crippen LogP contribution >= 0.6 is 27.3 Å². The predicted octanol–water partition coefficient (Wildman–Crippen LogP) is 3.33. The highest BCUT2D eigenvalue weighted by atomic mass is 79.9. The zero-order valence-electron chi connectivity index (χ0n) is 8.21. The molecule has 2 aromatic rings. The summed E-state index contributed by atoms with van der Waals surface area (Å²) in [6, 6.07) is 6.04. The Balaban J connectivity index is 2.69. The fraction of sp³-hybridized carbons (Fsp3) is 0.182. The lowest BCUT2D eigenvalue weighted by molar-refractivity contribution is 0.100. The first-order valence-corrected chi connectivity index (χ1v) is 6.24. The molecule has 0 aliphatic rings. The number of rotatable bonds is 2. The summed E-state index contributed by atoms with van der Waals surface area (Å²) in [4.78, 5) is 11.7. The van der Waals surface area contributed by atoms with Gasteiger partial charge in [0.15, 0.2) is 0 Å². The molecule has 0 unspecified atom stereocenters. The Morgan fingerprint density at radius 2 is 2.20 bits per heavy atom. The van der Waals surface area contributed by atoms with Crippen molar-refractivity contribution in [1.29, 1.82) is 0 Å². The Morgan fingerprint density at radius 1 is 1.47 bits per heavy atom. The molecule has 2 nitrogen and oxygen atoms in total. The van der Waals surface area contributed by atoms with Crippen molar-refractivity contribution in [2.24, 2.45) is 5.73 Å². The van der Waals surface area contributed by atoms with Gasteiger partial charge < -0.3 is 5.73 Å². The van der Waals surface area contributed by atoms with Crippen molar-refractivity contribution < 1.29 is 4.79 Å². The summed E-state index contributed by atoms with van der Waals surface area (Å²) in [5.74, 6) is -0.360. The van der Waals surface area contributed by atoms with Crippen LogP contribution in [-0.4, -0.2) is 5.91 Å². The Morgan fingerprint density at radius 3 is 2.80 bits per heavy atom. The van der Waals surface area contributed by atoms with Crippen molar-refractivity contribution in [2.75, 3.05) is 0 Å². The molecule has 1 aromatic carbocycles. The fourth-order valence-electron chi connectivity index (χ4n) is 1.49. The summed E-state index contributed by atoms with van der Waals surface area (Å²) in [7, 11) is 0. The molecule has 78 valence electrons. The standard InChI is InChI=1S/C11H10BrNOS/c1-2-6-3-7-5-9(11(13)14)15-10(7)8(12)4-6/h3-5H,2H2,1H3,(H2,13,14). The van der Waals surface area contributed by atoms with Gasteiger partial charge in [-0.1, -0.05) is 13.0 Å². The summed E-state index contributed by atoms with van der Waals surface area (Å²) >= 11 is 4.94. The van der Waals surface area contributed by atoms with Gasteiger partial charge in [0, 0.05) is 9.17 Å². The van der Waals surface area contributed by atoms with Crippen molar-refractivity contribution in [1.82, 2.24) is 0 Å². The van der Waals surface area contributed by atoms with Gasteiger partial charge in [0.2, 0.25) is 0 Å². The molecule has 0 radical (unpaired) electrons. The van der Waals surface area contributed by atoms with Crippen molar-refractivity contribution in [3.05, 3.63) is 33.1 Å². The second-order valence-corrected chi connectivity index (χ2v) is 5.23. The van der Waals surface area contributed by atoms with Crippen LogP contribution in [0, 0.1) is 0 Å². The molecule has 1 aromatic heterocycles. The zero-order valence-corrected chi connectivity index (χ0v) is 10.6. The highest BCUT2D eigenvalue weighted by Gasteiger charge is 2.09. The second kappa shape index (κ2) is 3.94. The molecule has 0 aliphatic heterocycles. The van der Waals surface area contributed by atoms with Crippen LogP contribution in [0.3, 0.4) is 0 Å². The second-order valence-electron chi connectivity index (χ2n) is 3.32. The van der Waals surface area contributed by atoms with Crippen molar-refractivity contribution in [3.63, 3.8) is 0 Å². The topological polar surface area (TPSA) is 43.1 Å². The molecular weight excluding hydrogens is 274 g/mol. The van der Waals surface area contributed by atoms with Crippen LogP contribution in [0.1, 0.15) is 22.2 Å². The monoisotopic (exact) mass is 283 g/mol. The van der Waals surface area contributed by atoms with E-state index in [2.05, 4.69) is 35.0 Å². The Hall–Kier alpha value is -0.870. The van der Waals surface area contributed by atoms with E-state index in [4.69, 9.17) is 5.73 Å². The number of halogens is 1. The lowest BCUT2D eigenvalue weighted by Gasteiger charge is -1.98. The molecule has 0 fully saturated rings. The predicted molar refractivity (Wildman–Crippen MR) is 67.4 cm³/mol. The Kier molecular flexibility index (Phi) is 2.80. The van der Waals surface area contributed by atoms with E-state index in [1.165, 1.54) is 16.9 Å². The first-order valence-electron chi connectivity index (χ1n) is 4.63. The average molecular weight is 284 g/mol. The molecule has 2 rings (SSSR count). The summed E-state index contributed by atoms with van der Waals surface area (Å²) in [5.41, 5.74) is 6.51. The summed E-state index contributed by atoms with van der Waals surface area (Å²) in [6.07, 6.45) is 0.982. The minimum absolute atomic E-state index is 0.360. The number of fused-ring (bicyclic) bond motifs is 1. The highest BCUT2D eigenvalue weighted by molar-refractivity contribution is 9.10. The number of aryl methyl sites for hydroxylation is 1. The zero-order chi connectivity index (χ0) is 11.0. The largest absolute Gasteiger partial charge is 0.365 e. The number of carbonyl (C=O) groups excluding carboxylic acids is 1. The van der Waals surface area contributed by atoms with E-state index < -0.39 is 0 Å². The maximum atomic E-state index is 11.1. The van der Waals surface area contributed by atoms with Crippen LogP contribution in [-0.2, 0) is 6.42 Å². The van der Waals surface area contributed by atoms with Crippen LogP contribution < -0.4 is 5.73 Å². The first-order chi connectivity index (χ1) is 7.11. The molecule has 0 bridgehead atoms. The first kappa shape index (κ1) is 10.6. The van der Waals surface area contributed by atoms with E-state index in [-0.39, 0.29) is 5.91 Å². The Bertz CT molecular complexity index is 533. The van der Waals surface area contributed by atoms with Gasteiger partial charge in [-0.25, -0.2) is 0 Å². The third kappa shape index (κ3) is 1.92. The van der Waals surface area contributed by atoms with E-state index in [0.717, 1.165) is 21.0 Å². The summed E-state index contributed by atoms with van der Waals surface area (Å²) in [6.45, 7) is 2.11. The van der Waals surface area contributed by atoms with Gasteiger partial charge in [0.05, 0.1) is 4.88 Å². The van der Waals surface area contributed by atoms with Gasteiger partial charge in [0.1, 0.15) is 0 Å².